The maximum absolute atomic E-state index is 11.9. The quantitative estimate of drug-likeness (QED) is 0.628. The maximum Gasteiger partial charge on any atom is 0.343 e. The molecule has 7 heteroatoms. The van der Waals surface area contributed by atoms with Crippen LogP contribution in [0.15, 0.2) is 36.5 Å². The average Bonchev–Trinajstić information content (AvgIpc) is 2.53. The summed E-state index contributed by atoms with van der Waals surface area (Å²) in [6.45, 7) is 1.78. The number of esters is 1. The van der Waals surface area contributed by atoms with Gasteiger partial charge in [0.15, 0.2) is 0 Å². The van der Waals surface area contributed by atoms with Crippen molar-refractivity contribution in [2.75, 3.05) is 18.5 Å². The Morgan fingerprint density at radius 2 is 2.14 bits per heavy atom. The molecule has 0 unspecified atom stereocenters. The molecule has 6 nitrogen and oxygen atoms in total. The molecule has 1 heterocycles. The third kappa shape index (κ3) is 3.93. The summed E-state index contributed by atoms with van der Waals surface area (Å²) < 4.78 is 4.96. The highest BCUT2D eigenvalue weighted by Crippen LogP contribution is 2.22. The van der Waals surface area contributed by atoms with Crippen LogP contribution in [0.5, 0.6) is 0 Å². The molecule has 0 saturated carbocycles. The van der Waals surface area contributed by atoms with Crippen molar-refractivity contribution in [1.29, 1.82) is 0 Å². The van der Waals surface area contributed by atoms with E-state index in [0.717, 1.165) is 5.56 Å². The highest BCUT2D eigenvalue weighted by atomic mass is 35.5. The third-order valence-corrected chi connectivity index (χ3v) is 3.13. The highest BCUT2D eigenvalue weighted by molar-refractivity contribution is 6.28. The van der Waals surface area contributed by atoms with Gasteiger partial charge in [-0.2, -0.15) is 4.98 Å². The van der Waals surface area contributed by atoms with Crippen molar-refractivity contribution in [2.24, 2.45) is 0 Å². The Kier molecular flexibility index (Phi) is 5.68. The molecule has 0 saturated heterocycles. The lowest BCUT2D eigenvalue weighted by Crippen LogP contribution is -2.19. The average molecular weight is 322 g/mol. The van der Waals surface area contributed by atoms with Crippen LogP contribution in [-0.4, -0.2) is 34.3 Å². The van der Waals surface area contributed by atoms with Crippen LogP contribution >= 0.6 is 11.6 Å². The molecule has 1 aromatic carbocycles. The van der Waals surface area contributed by atoms with Gasteiger partial charge in [0.1, 0.15) is 11.4 Å². The first-order valence-corrected chi connectivity index (χ1v) is 7.15. The summed E-state index contributed by atoms with van der Waals surface area (Å²) in [5.74, 6) is -0.326. The summed E-state index contributed by atoms with van der Waals surface area (Å²) >= 11 is 5.79. The monoisotopic (exact) mass is 321 g/mol. The topological polar surface area (TPSA) is 84.3 Å². The fourth-order valence-corrected chi connectivity index (χ4v) is 2.05. The van der Waals surface area contributed by atoms with Crippen molar-refractivity contribution in [3.8, 4) is 0 Å². The molecule has 0 amide bonds. The number of hydrogen-bond acceptors (Lipinski definition) is 6. The van der Waals surface area contributed by atoms with E-state index < -0.39 is 12.0 Å². The lowest BCUT2D eigenvalue weighted by Gasteiger charge is -2.18. The number of ether oxygens (including phenoxy) is 1. The molecule has 116 valence electrons. The van der Waals surface area contributed by atoms with Crippen LogP contribution in [-0.2, 0) is 4.74 Å². The predicted octanol–water partition coefficient (Wildman–Crippen LogP) is 2.45. The van der Waals surface area contributed by atoms with Crippen molar-refractivity contribution in [1.82, 2.24) is 9.97 Å². The van der Waals surface area contributed by atoms with Gasteiger partial charge in [-0.1, -0.05) is 30.3 Å². The van der Waals surface area contributed by atoms with Gasteiger partial charge < -0.3 is 15.2 Å². The fourth-order valence-electron chi connectivity index (χ4n) is 1.91. The number of aliphatic hydroxyl groups excluding tert-OH is 1. The Labute approximate surface area is 133 Å². The number of aromatic nitrogens is 2. The van der Waals surface area contributed by atoms with E-state index >= 15 is 0 Å². The van der Waals surface area contributed by atoms with E-state index in [1.54, 1.807) is 6.92 Å². The first-order valence-electron chi connectivity index (χ1n) is 6.77. The minimum Gasteiger partial charge on any atom is -0.462 e. The van der Waals surface area contributed by atoms with Gasteiger partial charge in [-0.15, -0.1) is 0 Å². The molecule has 0 aliphatic heterocycles. The number of hydrogen-bond donors (Lipinski definition) is 2. The van der Waals surface area contributed by atoms with Gasteiger partial charge in [-0.3, -0.25) is 0 Å². The van der Waals surface area contributed by atoms with E-state index in [0.29, 0.717) is 0 Å². The number of carbonyl (C=O) groups excluding carboxylic acids is 1. The second-order valence-electron chi connectivity index (χ2n) is 4.41. The van der Waals surface area contributed by atoms with E-state index in [1.165, 1.54) is 6.20 Å². The fraction of sp³-hybridized carbons (Fsp3) is 0.267. The minimum atomic E-state index is -0.550. The zero-order valence-electron chi connectivity index (χ0n) is 12.0. The Balaban J connectivity index is 2.30. The minimum absolute atomic E-state index is 0.000278. The molecule has 0 fully saturated rings. The number of carbonyl (C=O) groups is 1. The zero-order chi connectivity index (χ0) is 15.9. The Hall–Kier alpha value is -2.18. The summed E-state index contributed by atoms with van der Waals surface area (Å²) in [7, 11) is 0. The molecular formula is C15H16ClN3O3. The van der Waals surface area contributed by atoms with Crippen LogP contribution in [0.2, 0.25) is 5.28 Å². The number of benzene rings is 1. The van der Waals surface area contributed by atoms with Gasteiger partial charge in [-0.25, -0.2) is 9.78 Å². The van der Waals surface area contributed by atoms with Crippen molar-refractivity contribution < 1.29 is 14.6 Å². The van der Waals surface area contributed by atoms with Crippen LogP contribution in [0.4, 0.5) is 5.82 Å². The molecule has 0 aliphatic carbocycles. The number of nitrogens with one attached hydrogen (secondary N) is 1. The Morgan fingerprint density at radius 1 is 1.41 bits per heavy atom. The van der Waals surface area contributed by atoms with Crippen LogP contribution in [0.3, 0.4) is 0 Å². The molecule has 0 radical (unpaired) electrons. The Bertz CT molecular complexity index is 637. The predicted molar refractivity (Wildman–Crippen MR) is 82.9 cm³/mol. The molecule has 2 aromatic rings. The summed E-state index contributed by atoms with van der Waals surface area (Å²) in [4.78, 5) is 19.8. The largest absolute Gasteiger partial charge is 0.462 e. The second-order valence-corrected chi connectivity index (χ2v) is 4.75. The van der Waals surface area contributed by atoms with Crippen molar-refractivity contribution in [2.45, 2.75) is 13.0 Å². The lowest BCUT2D eigenvalue weighted by molar-refractivity contribution is 0.0526. The SMILES string of the molecule is CCOC(=O)c1cnc(Cl)nc1N[C@@H](CO)c1ccccc1. The summed E-state index contributed by atoms with van der Waals surface area (Å²) in [5, 5.41) is 12.6. The molecule has 0 bridgehead atoms. The molecule has 1 atom stereocenters. The van der Waals surface area contributed by atoms with E-state index in [1.807, 2.05) is 30.3 Å². The van der Waals surface area contributed by atoms with Crippen LogP contribution in [0.1, 0.15) is 28.9 Å². The standard InChI is InChI=1S/C15H16ClN3O3/c1-2-22-14(21)11-8-17-15(16)19-13(11)18-12(9-20)10-6-4-3-5-7-10/h3-8,12,20H,2,9H2,1H3,(H,17,18,19)/t12-/m0/s1. The van der Waals surface area contributed by atoms with E-state index in [9.17, 15) is 9.90 Å². The van der Waals surface area contributed by atoms with Gasteiger partial charge in [0.2, 0.25) is 5.28 Å². The number of nitrogens with zero attached hydrogens (tertiary/aromatic N) is 2. The second kappa shape index (κ2) is 7.72. The normalized spacial score (nSPS) is 11.8. The van der Waals surface area contributed by atoms with Crippen molar-refractivity contribution in [3.63, 3.8) is 0 Å². The molecule has 0 spiro atoms. The first kappa shape index (κ1) is 16.2. The number of halogens is 1. The van der Waals surface area contributed by atoms with Gasteiger partial charge in [0, 0.05) is 6.20 Å². The van der Waals surface area contributed by atoms with E-state index in [-0.39, 0.29) is 29.9 Å². The molecule has 0 aliphatic rings. The first-order chi connectivity index (χ1) is 10.7. The van der Waals surface area contributed by atoms with E-state index in [4.69, 9.17) is 16.3 Å². The summed E-state index contributed by atoms with van der Waals surface area (Å²) in [5.41, 5.74) is 1.02. The molecule has 1 aromatic heterocycles. The number of anilines is 1. The molecule has 22 heavy (non-hydrogen) atoms. The van der Waals surface area contributed by atoms with Gasteiger partial charge >= 0.3 is 5.97 Å². The van der Waals surface area contributed by atoms with Crippen LogP contribution < -0.4 is 5.32 Å². The van der Waals surface area contributed by atoms with Crippen LogP contribution in [0, 0.1) is 0 Å². The number of rotatable bonds is 6. The number of aliphatic hydroxyl groups is 1. The van der Waals surface area contributed by atoms with Crippen LogP contribution in [0.25, 0.3) is 0 Å². The van der Waals surface area contributed by atoms with Crippen molar-refractivity contribution >= 4 is 23.4 Å². The summed E-state index contributed by atoms with van der Waals surface area (Å²) in [6, 6.07) is 8.89. The van der Waals surface area contributed by atoms with Gasteiger partial charge in [-0.05, 0) is 24.1 Å². The third-order valence-electron chi connectivity index (χ3n) is 2.95. The smallest absolute Gasteiger partial charge is 0.343 e. The Morgan fingerprint density at radius 3 is 2.77 bits per heavy atom. The van der Waals surface area contributed by atoms with Crippen molar-refractivity contribution in [3.05, 3.63) is 52.9 Å². The highest BCUT2D eigenvalue weighted by Gasteiger charge is 2.19. The molecule has 2 rings (SSSR count). The van der Waals surface area contributed by atoms with Gasteiger partial charge in [0.25, 0.3) is 0 Å². The maximum atomic E-state index is 11.9. The zero-order valence-corrected chi connectivity index (χ0v) is 12.7. The lowest BCUT2D eigenvalue weighted by atomic mass is 10.1. The van der Waals surface area contributed by atoms with Gasteiger partial charge in [0.05, 0.1) is 19.3 Å². The molecule has 2 N–H and O–H groups in total. The summed E-state index contributed by atoms with van der Waals surface area (Å²) in [6.07, 6.45) is 1.30. The molecular weight excluding hydrogens is 306 g/mol. The van der Waals surface area contributed by atoms with E-state index in [2.05, 4.69) is 15.3 Å².